The number of aliphatic hydroxyl groups excluding tert-OH is 1. The topological polar surface area (TPSA) is 81.1 Å². The van der Waals surface area contributed by atoms with Gasteiger partial charge in [-0.3, -0.25) is 9.69 Å². The molecule has 2 N–H and O–H groups in total. The van der Waals surface area contributed by atoms with Gasteiger partial charge in [0.25, 0.3) is 0 Å². The van der Waals surface area contributed by atoms with Crippen molar-refractivity contribution in [3.8, 4) is 0 Å². The smallest absolute Gasteiger partial charge is 0.325 e. The SMILES string of the molecule is CN(C(=O)N(CC(=O)O)c1ccccc1)C(C)(C)CO. The molecule has 110 valence electrons. The second-order valence-corrected chi connectivity index (χ2v) is 5.13. The molecule has 0 heterocycles. The number of urea groups is 1. The zero-order valence-corrected chi connectivity index (χ0v) is 11.9. The molecule has 2 amide bonds. The predicted molar refractivity (Wildman–Crippen MR) is 75.7 cm³/mol. The number of aliphatic carboxylic acids is 1. The van der Waals surface area contributed by atoms with E-state index >= 15 is 0 Å². The molecule has 20 heavy (non-hydrogen) atoms. The number of benzene rings is 1. The largest absolute Gasteiger partial charge is 0.480 e. The molecule has 6 heteroatoms. The van der Waals surface area contributed by atoms with Crippen molar-refractivity contribution < 1.29 is 19.8 Å². The minimum absolute atomic E-state index is 0.217. The lowest BCUT2D eigenvalue weighted by atomic mass is 10.1. The average Bonchev–Trinajstić information content (AvgIpc) is 2.44. The van der Waals surface area contributed by atoms with E-state index in [1.54, 1.807) is 44.2 Å². The Hall–Kier alpha value is -2.08. The summed E-state index contributed by atoms with van der Waals surface area (Å²) < 4.78 is 0. The van der Waals surface area contributed by atoms with E-state index < -0.39 is 24.1 Å². The quantitative estimate of drug-likeness (QED) is 0.854. The molecule has 1 aromatic rings. The minimum atomic E-state index is -1.10. The fourth-order valence-electron chi connectivity index (χ4n) is 1.56. The monoisotopic (exact) mass is 280 g/mol. The Bertz CT molecular complexity index is 473. The van der Waals surface area contributed by atoms with E-state index in [2.05, 4.69) is 0 Å². The van der Waals surface area contributed by atoms with Gasteiger partial charge >= 0.3 is 12.0 Å². The molecule has 1 aromatic carbocycles. The first-order valence-electron chi connectivity index (χ1n) is 6.22. The standard InChI is InChI=1S/C14H20N2O4/c1-14(2,10-17)15(3)13(20)16(9-12(18)19)11-7-5-4-6-8-11/h4-8,17H,9-10H2,1-3H3,(H,18,19). The molecule has 0 radical (unpaired) electrons. The van der Waals surface area contributed by atoms with Gasteiger partial charge in [0.2, 0.25) is 0 Å². The van der Waals surface area contributed by atoms with E-state index in [4.69, 9.17) is 5.11 Å². The number of rotatable bonds is 5. The first-order valence-corrected chi connectivity index (χ1v) is 6.22. The van der Waals surface area contributed by atoms with E-state index in [1.165, 1.54) is 16.8 Å². The zero-order chi connectivity index (χ0) is 15.3. The third-order valence-electron chi connectivity index (χ3n) is 3.17. The number of para-hydroxylation sites is 1. The summed E-state index contributed by atoms with van der Waals surface area (Å²) in [5.41, 5.74) is -0.275. The Morgan fingerprint density at radius 1 is 1.20 bits per heavy atom. The molecule has 0 aliphatic heterocycles. The Morgan fingerprint density at radius 3 is 2.20 bits per heavy atom. The fourth-order valence-corrected chi connectivity index (χ4v) is 1.56. The Labute approximate surface area is 118 Å². The van der Waals surface area contributed by atoms with Crippen molar-refractivity contribution >= 4 is 17.7 Å². The predicted octanol–water partition coefficient (Wildman–Crippen LogP) is 1.40. The number of likely N-dealkylation sites (N-methyl/N-ethyl adjacent to an activating group) is 1. The summed E-state index contributed by atoms with van der Waals surface area (Å²) in [6, 6.07) is 8.11. The van der Waals surface area contributed by atoms with Crippen LogP contribution in [0.4, 0.5) is 10.5 Å². The van der Waals surface area contributed by atoms with Gasteiger partial charge in [-0.2, -0.15) is 0 Å². The maximum Gasteiger partial charge on any atom is 0.325 e. The number of carbonyl (C=O) groups excluding carboxylic acids is 1. The van der Waals surface area contributed by atoms with E-state index in [9.17, 15) is 14.7 Å². The lowest BCUT2D eigenvalue weighted by Gasteiger charge is -2.37. The molecule has 0 aliphatic carbocycles. The van der Waals surface area contributed by atoms with Crippen molar-refractivity contribution in [2.45, 2.75) is 19.4 Å². The number of aliphatic hydroxyl groups is 1. The molecule has 0 aromatic heterocycles. The number of amides is 2. The number of hydrogen-bond acceptors (Lipinski definition) is 3. The molecule has 0 saturated carbocycles. The number of hydrogen-bond donors (Lipinski definition) is 2. The maximum atomic E-state index is 12.5. The molecule has 0 unspecified atom stereocenters. The van der Waals surface area contributed by atoms with Crippen LogP contribution in [0.25, 0.3) is 0 Å². The van der Waals surface area contributed by atoms with Crippen LogP contribution in [0.3, 0.4) is 0 Å². The molecule has 0 spiro atoms. The first-order chi connectivity index (χ1) is 9.29. The summed E-state index contributed by atoms with van der Waals surface area (Å²) in [7, 11) is 1.54. The van der Waals surface area contributed by atoms with Gasteiger partial charge in [-0.1, -0.05) is 18.2 Å². The zero-order valence-electron chi connectivity index (χ0n) is 11.9. The van der Waals surface area contributed by atoms with Crippen LogP contribution in [0.1, 0.15) is 13.8 Å². The summed E-state index contributed by atoms with van der Waals surface area (Å²) in [4.78, 5) is 25.9. The highest BCUT2D eigenvalue weighted by Crippen LogP contribution is 2.19. The normalized spacial score (nSPS) is 11.0. The molecule has 6 nitrogen and oxygen atoms in total. The van der Waals surface area contributed by atoms with Crippen molar-refractivity contribution in [1.29, 1.82) is 0 Å². The lowest BCUT2D eigenvalue weighted by molar-refractivity contribution is -0.135. The van der Waals surface area contributed by atoms with Gasteiger partial charge in [-0.05, 0) is 26.0 Å². The molecule has 0 fully saturated rings. The van der Waals surface area contributed by atoms with Gasteiger partial charge in [-0.25, -0.2) is 4.79 Å². The highest BCUT2D eigenvalue weighted by atomic mass is 16.4. The number of carbonyl (C=O) groups is 2. The van der Waals surface area contributed by atoms with Gasteiger partial charge in [-0.15, -0.1) is 0 Å². The van der Waals surface area contributed by atoms with Gasteiger partial charge in [0.1, 0.15) is 6.54 Å². The van der Waals surface area contributed by atoms with Crippen LogP contribution < -0.4 is 4.90 Å². The first kappa shape index (κ1) is 16.0. The van der Waals surface area contributed by atoms with Crippen molar-refractivity contribution in [3.05, 3.63) is 30.3 Å². The van der Waals surface area contributed by atoms with Crippen molar-refractivity contribution in [2.24, 2.45) is 0 Å². The second-order valence-electron chi connectivity index (χ2n) is 5.13. The van der Waals surface area contributed by atoms with Crippen molar-refractivity contribution in [2.75, 3.05) is 25.1 Å². The van der Waals surface area contributed by atoms with Gasteiger partial charge in [0.15, 0.2) is 0 Å². The number of anilines is 1. The summed E-state index contributed by atoms with van der Waals surface area (Å²) in [6.07, 6.45) is 0. The van der Waals surface area contributed by atoms with Crippen LogP contribution in [-0.2, 0) is 4.79 Å². The maximum absolute atomic E-state index is 12.5. The third-order valence-corrected chi connectivity index (χ3v) is 3.17. The van der Waals surface area contributed by atoms with E-state index in [0.29, 0.717) is 5.69 Å². The second kappa shape index (κ2) is 6.38. The lowest BCUT2D eigenvalue weighted by Crippen LogP contribution is -2.54. The van der Waals surface area contributed by atoms with Crippen molar-refractivity contribution in [3.63, 3.8) is 0 Å². The number of nitrogens with zero attached hydrogens (tertiary/aromatic N) is 2. The molecule has 0 bridgehead atoms. The van der Waals surface area contributed by atoms with Gasteiger partial charge < -0.3 is 15.1 Å². The molecular formula is C14H20N2O4. The Balaban J connectivity index is 3.06. The minimum Gasteiger partial charge on any atom is -0.480 e. The van der Waals surface area contributed by atoms with Crippen LogP contribution in [0.15, 0.2) is 30.3 Å². The van der Waals surface area contributed by atoms with E-state index in [-0.39, 0.29) is 6.61 Å². The molecular weight excluding hydrogens is 260 g/mol. The van der Waals surface area contributed by atoms with E-state index in [0.717, 1.165) is 0 Å². The summed E-state index contributed by atoms with van der Waals surface area (Å²) >= 11 is 0. The number of carboxylic acids is 1. The average molecular weight is 280 g/mol. The van der Waals surface area contributed by atoms with Gasteiger partial charge in [0, 0.05) is 12.7 Å². The summed E-state index contributed by atoms with van der Waals surface area (Å²) in [5, 5.41) is 18.3. The van der Waals surface area contributed by atoms with Crippen LogP contribution in [0.2, 0.25) is 0 Å². The van der Waals surface area contributed by atoms with Crippen LogP contribution >= 0.6 is 0 Å². The van der Waals surface area contributed by atoms with Gasteiger partial charge in [0.05, 0.1) is 12.1 Å². The highest BCUT2D eigenvalue weighted by molar-refractivity contribution is 5.96. The fraction of sp³-hybridized carbons (Fsp3) is 0.429. The summed E-state index contributed by atoms with van der Waals surface area (Å²) in [6.45, 7) is 2.75. The highest BCUT2D eigenvalue weighted by Gasteiger charge is 2.31. The van der Waals surface area contributed by atoms with E-state index in [1.807, 2.05) is 0 Å². The Kier molecular flexibility index (Phi) is 5.10. The van der Waals surface area contributed by atoms with Crippen LogP contribution in [0.5, 0.6) is 0 Å². The molecule has 0 saturated heterocycles. The molecule has 0 atom stereocenters. The molecule has 1 rings (SSSR count). The Morgan fingerprint density at radius 2 is 1.75 bits per heavy atom. The number of carboxylic acid groups (broad SMARTS) is 1. The third kappa shape index (κ3) is 3.71. The summed E-state index contributed by atoms with van der Waals surface area (Å²) in [5.74, 6) is -1.10. The van der Waals surface area contributed by atoms with Crippen LogP contribution in [-0.4, -0.2) is 52.9 Å². The van der Waals surface area contributed by atoms with Crippen molar-refractivity contribution in [1.82, 2.24) is 4.90 Å². The van der Waals surface area contributed by atoms with Crippen LogP contribution in [0, 0.1) is 0 Å². The molecule has 0 aliphatic rings.